The quantitative estimate of drug-likeness (QED) is 0.782. The van der Waals surface area contributed by atoms with E-state index in [1.807, 2.05) is 0 Å². The van der Waals surface area contributed by atoms with Crippen molar-refractivity contribution in [3.63, 3.8) is 0 Å². The molecule has 0 unspecified atom stereocenters. The number of rotatable bonds is 3. The van der Waals surface area contributed by atoms with E-state index in [1.54, 1.807) is 31.2 Å². The second kappa shape index (κ2) is 6.87. The highest BCUT2D eigenvalue weighted by atomic mass is 35.5. The number of ketones is 1. The molecule has 124 valence electrons. The van der Waals surface area contributed by atoms with Gasteiger partial charge in [-0.05, 0) is 42.8 Å². The predicted octanol–water partition coefficient (Wildman–Crippen LogP) is 4.96. The van der Waals surface area contributed by atoms with Gasteiger partial charge in [-0.15, -0.1) is 11.8 Å². The van der Waals surface area contributed by atoms with Crippen molar-refractivity contribution < 1.29 is 19.0 Å². The topological polar surface area (TPSA) is 46.5 Å². The van der Waals surface area contributed by atoms with Crippen LogP contribution in [0.5, 0.6) is 11.5 Å². The number of halogens is 2. The molecule has 6 heteroatoms. The first-order valence-corrected chi connectivity index (χ1v) is 8.69. The fourth-order valence-electron chi connectivity index (χ4n) is 2.47. The van der Waals surface area contributed by atoms with E-state index in [-0.39, 0.29) is 28.1 Å². The highest BCUT2D eigenvalue weighted by molar-refractivity contribution is 7.99. The lowest BCUT2D eigenvalue weighted by atomic mass is 10.0. The van der Waals surface area contributed by atoms with Crippen molar-refractivity contribution >= 4 is 35.2 Å². The average Bonchev–Trinajstić information content (AvgIpc) is 2.55. The Morgan fingerprint density at radius 3 is 2.96 bits per heavy atom. The number of phenolic OH excluding ortho intramolecular Hbond substituents is 1. The summed E-state index contributed by atoms with van der Waals surface area (Å²) in [7, 11) is 0. The van der Waals surface area contributed by atoms with Crippen LogP contribution in [0.15, 0.2) is 40.8 Å². The number of fused-ring (bicyclic) bond motifs is 1. The summed E-state index contributed by atoms with van der Waals surface area (Å²) in [6.07, 6.45) is 1.69. The summed E-state index contributed by atoms with van der Waals surface area (Å²) in [5.74, 6) is -0.0758. The van der Waals surface area contributed by atoms with Gasteiger partial charge in [0.25, 0.3) is 0 Å². The molecule has 24 heavy (non-hydrogen) atoms. The number of benzene rings is 2. The number of carbonyl (C=O) groups is 1. The fraction of sp³-hybridized carbons (Fsp3) is 0.167. The van der Waals surface area contributed by atoms with E-state index in [2.05, 4.69) is 0 Å². The van der Waals surface area contributed by atoms with Crippen LogP contribution in [0.3, 0.4) is 0 Å². The molecule has 0 amide bonds. The first-order valence-electron chi connectivity index (χ1n) is 7.33. The third-order valence-electron chi connectivity index (χ3n) is 3.57. The predicted molar refractivity (Wildman–Crippen MR) is 93.7 cm³/mol. The van der Waals surface area contributed by atoms with Crippen molar-refractivity contribution in [2.45, 2.75) is 11.8 Å². The van der Waals surface area contributed by atoms with Crippen LogP contribution in [0.2, 0.25) is 5.02 Å². The van der Waals surface area contributed by atoms with Crippen LogP contribution < -0.4 is 4.74 Å². The van der Waals surface area contributed by atoms with Crippen molar-refractivity contribution in [1.29, 1.82) is 0 Å². The van der Waals surface area contributed by atoms with Crippen LogP contribution >= 0.6 is 23.4 Å². The molecule has 2 aromatic rings. The van der Waals surface area contributed by atoms with Crippen molar-refractivity contribution in [2.75, 3.05) is 12.4 Å². The first-order chi connectivity index (χ1) is 11.5. The molecule has 0 aromatic heterocycles. The summed E-state index contributed by atoms with van der Waals surface area (Å²) in [6.45, 7) is 2.18. The number of aromatic hydroxyl groups is 1. The van der Waals surface area contributed by atoms with Crippen LogP contribution in [0.4, 0.5) is 4.39 Å². The van der Waals surface area contributed by atoms with Gasteiger partial charge in [-0.3, -0.25) is 4.79 Å². The Bertz CT molecular complexity index is 848. The highest BCUT2D eigenvalue weighted by Crippen LogP contribution is 2.38. The molecule has 0 spiro atoms. The largest absolute Gasteiger partial charge is 0.503 e. The zero-order valence-corrected chi connectivity index (χ0v) is 14.4. The Labute approximate surface area is 148 Å². The lowest BCUT2D eigenvalue weighted by Crippen LogP contribution is -2.13. The Balaban J connectivity index is 2.00. The molecule has 0 fully saturated rings. The molecular weight excluding hydrogens is 351 g/mol. The van der Waals surface area contributed by atoms with E-state index in [9.17, 15) is 14.3 Å². The maximum absolute atomic E-state index is 13.8. The lowest BCUT2D eigenvalue weighted by molar-refractivity contribution is 0.103. The molecule has 1 heterocycles. The molecule has 0 aliphatic carbocycles. The molecule has 1 N–H and O–H groups in total. The van der Waals surface area contributed by atoms with Crippen LogP contribution in [-0.2, 0) is 0 Å². The fourth-order valence-corrected chi connectivity index (χ4v) is 3.73. The number of Topliss-reactive ketones (excluding diaryl/α,β-unsaturated/α-hetero) is 1. The van der Waals surface area contributed by atoms with E-state index >= 15 is 0 Å². The van der Waals surface area contributed by atoms with Crippen molar-refractivity contribution in [2.24, 2.45) is 0 Å². The van der Waals surface area contributed by atoms with Gasteiger partial charge < -0.3 is 9.84 Å². The van der Waals surface area contributed by atoms with Gasteiger partial charge in [0.2, 0.25) is 0 Å². The van der Waals surface area contributed by atoms with Crippen molar-refractivity contribution in [1.82, 2.24) is 0 Å². The summed E-state index contributed by atoms with van der Waals surface area (Å²) in [4.78, 5) is 13.0. The Morgan fingerprint density at radius 1 is 1.42 bits per heavy atom. The molecule has 1 aliphatic heterocycles. The van der Waals surface area contributed by atoms with Gasteiger partial charge in [-0.2, -0.15) is 0 Å². The van der Waals surface area contributed by atoms with Crippen LogP contribution in [0.25, 0.3) is 6.08 Å². The molecule has 3 rings (SSSR count). The number of hydrogen-bond acceptors (Lipinski definition) is 4. The second-order valence-corrected chi connectivity index (χ2v) is 6.58. The number of thioether (sulfide) groups is 1. The Hall–Kier alpha value is -1.98. The SMILES string of the molecule is CCOc1cc(/C=C2\CSc3c(F)cccc3C2=O)cc(Cl)c1O. The summed E-state index contributed by atoms with van der Waals surface area (Å²) in [5.41, 5.74) is 1.56. The van der Waals surface area contributed by atoms with E-state index in [0.29, 0.717) is 34.0 Å². The normalized spacial score (nSPS) is 15.5. The third-order valence-corrected chi connectivity index (χ3v) is 5.01. The molecule has 0 radical (unpaired) electrons. The minimum atomic E-state index is -0.379. The van der Waals surface area contributed by atoms with Gasteiger partial charge in [0.15, 0.2) is 17.3 Å². The van der Waals surface area contributed by atoms with E-state index in [4.69, 9.17) is 16.3 Å². The smallest absolute Gasteiger partial charge is 0.191 e. The standard InChI is InChI=1S/C18H14ClFO3S/c1-2-23-15-8-10(7-13(19)17(15)22)6-11-9-24-18-12(16(11)21)4-3-5-14(18)20/h3-8,22H,2,9H2,1H3/b11-6+. The van der Waals surface area contributed by atoms with Crippen LogP contribution in [-0.4, -0.2) is 23.2 Å². The van der Waals surface area contributed by atoms with Crippen molar-refractivity contribution in [3.05, 3.63) is 57.9 Å². The first kappa shape index (κ1) is 16.9. The average molecular weight is 365 g/mol. The Morgan fingerprint density at radius 2 is 2.21 bits per heavy atom. The summed E-state index contributed by atoms with van der Waals surface area (Å²) in [6, 6.07) is 7.68. The van der Waals surface area contributed by atoms with Gasteiger partial charge >= 0.3 is 0 Å². The minimum Gasteiger partial charge on any atom is -0.503 e. The van der Waals surface area contributed by atoms with E-state index in [1.165, 1.54) is 23.9 Å². The molecule has 1 aliphatic rings. The van der Waals surface area contributed by atoms with Crippen molar-refractivity contribution in [3.8, 4) is 11.5 Å². The monoisotopic (exact) mass is 364 g/mol. The number of phenols is 1. The van der Waals surface area contributed by atoms with Gasteiger partial charge in [0, 0.05) is 16.9 Å². The molecule has 0 bridgehead atoms. The molecule has 0 saturated carbocycles. The summed E-state index contributed by atoms with van der Waals surface area (Å²) in [5, 5.41) is 10.0. The van der Waals surface area contributed by atoms with Crippen LogP contribution in [0.1, 0.15) is 22.8 Å². The second-order valence-electron chi connectivity index (χ2n) is 5.19. The molecule has 2 aromatic carbocycles. The highest BCUT2D eigenvalue weighted by Gasteiger charge is 2.25. The van der Waals surface area contributed by atoms with Gasteiger partial charge in [-0.1, -0.05) is 17.7 Å². The number of ether oxygens (including phenoxy) is 1. The molecule has 3 nitrogen and oxygen atoms in total. The van der Waals surface area contributed by atoms with Gasteiger partial charge in [-0.25, -0.2) is 4.39 Å². The lowest BCUT2D eigenvalue weighted by Gasteiger charge is -2.17. The zero-order valence-electron chi connectivity index (χ0n) is 12.8. The zero-order chi connectivity index (χ0) is 17.3. The Kier molecular flexibility index (Phi) is 4.83. The van der Waals surface area contributed by atoms with E-state index in [0.717, 1.165) is 0 Å². The van der Waals surface area contributed by atoms with Gasteiger partial charge in [0.1, 0.15) is 5.82 Å². The molecule has 0 saturated heterocycles. The maximum atomic E-state index is 13.8. The molecular formula is C18H14ClFO3S. The van der Waals surface area contributed by atoms with E-state index < -0.39 is 0 Å². The number of carbonyl (C=O) groups excluding carboxylic acids is 1. The molecule has 0 atom stereocenters. The van der Waals surface area contributed by atoms with Crippen LogP contribution in [0, 0.1) is 5.82 Å². The minimum absolute atomic E-state index is 0.127. The van der Waals surface area contributed by atoms with Gasteiger partial charge in [0.05, 0.1) is 16.5 Å². The maximum Gasteiger partial charge on any atom is 0.191 e. The number of hydrogen-bond donors (Lipinski definition) is 1. The third kappa shape index (κ3) is 3.14. The summed E-state index contributed by atoms with van der Waals surface area (Å²) < 4.78 is 19.1. The summed E-state index contributed by atoms with van der Waals surface area (Å²) >= 11 is 7.30.